The molecule has 3 heterocycles. The summed E-state index contributed by atoms with van der Waals surface area (Å²) in [5.41, 5.74) is 2.47. The number of likely N-dealkylation sites (tertiary alicyclic amines) is 2. The van der Waals surface area contributed by atoms with Gasteiger partial charge in [0, 0.05) is 30.9 Å². The lowest BCUT2D eigenvalue weighted by Gasteiger charge is -2.38. The van der Waals surface area contributed by atoms with Crippen molar-refractivity contribution >= 4 is 23.5 Å². The van der Waals surface area contributed by atoms with Crippen LogP contribution in [0.2, 0.25) is 0 Å². The maximum Gasteiger partial charge on any atom is 0.409 e. The van der Waals surface area contributed by atoms with E-state index in [2.05, 4.69) is 4.98 Å². The zero-order valence-electron chi connectivity index (χ0n) is 21.0. The first-order valence-electron chi connectivity index (χ1n) is 12.1. The van der Waals surface area contributed by atoms with Crippen molar-refractivity contribution in [2.75, 3.05) is 26.8 Å². The molecule has 2 aliphatic heterocycles. The molecule has 1 aromatic carbocycles. The number of ether oxygens (including phenoxy) is 2. The first-order chi connectivity index (χ1) is 17.3. The first kappa shape index (κ1) is 25.2. The molecule has 190 valence electrons. The van der Waals surface area contributed by atoms with Crippen LogP contribution in [-0.4, -0.2) is 70.5 Å². The second-order valence-electron chi connectivity index (χ2n) is 9.01. The molecule has 0 bridgehead atoms. The Morgan fingerprint density at radius 1 is 1.14 bits per heavy atom. The molecule has 2 aliphatic rings. The SMILES string of the molecule is CCOC(=O)N1CCC(N2C(=O)C(=O)/C(=C(/O)c3cc(C)c(OC)cc3C)C2c2ccccn2)CC1. The minimum absolute atomic E-state index is 0.0131. The highest BCUT2D eigenvalue weighted by atomic mass is 16.6. The molecule has 36 heavy (non-hydrogen) atoms. The number of carbonyl (C=O) groups excluding carboxylic acids is 3. The van der Waals surface area contributed by atoms with Crippen molar-refractivity contribution in [3.63, 3.8) is 0 Å². The van der Waals surface area contributed by atoms with Crippen molar-refractivity contribution < 1.29 is 29.0 Å². The molecule has 9 heteroatoms. The van der Waals surface area contributed by atoms with Crippen LogP contribution in [0.25, 0.3) is 5.76 Å². The molecule has 2 aromatic rings. The van der Waals surface area contributed by atoms with Gasteiger partial charge in [-0.1, -0.05) is 6.07 Å². The Bertz CT molecular complexity index is 1200. The number of aryl methyl sites for hydroxylation is 2. The molecule has 1 unspecified atom stereocenters. The number of benzene rings is 1. The third-order valence-corrected chi connectivity index (χ3v) is 6.83. The maximum atomic E-state index is 13.4. The number of ketones is 1. The number of aliphatic hydroxyl groups is 1. The number of nitrogens with zero attached hydrogens (tertiary/aromatic N) is 3. The fourth-order valence-electron chi connectivity index (χ4n) is 5.01. The van der Waals surface area contributed by atoms with E-state index in [9.17, 15) is 19.5 Å². The smallest absolute Gasteiger partial charge is 0.409 e. The Kier molecular flexibility index (Phi) is 7.28. The topological polar surface area (TPSA) is 109 Å². The third kappa shape index (κ3) is 4.53. The van der Waals surface area contributed by atoms with Gasteiger partial charge < -0.3 is 24.4 Å². The van der Waals surface area contributed by atoms with Crippen molar-refractivity contribution in [3.8, 4) is 5.75 Å². The van der Waals surface area contributed by atoms with E-state index in [0.29, 0.717) is 48.5 Å². The number of methoxy groups -OCH3 is 1. The highest BCUT2D eigenvalue weighted by Gasteiger charge is 2.50. The number of pyridine rings is 1. The Morgan fingerprint density at radius 2 is 1.86 bits per heavy atom. The summed E-state index contributed by atoms with van der Waals surface area (Å²) < 4.78 is 10.5. The van der Waals surface area contributed by atoms with E-state index < -0.39 is 17.7 Å². The van der Waals surface area contributed by atoms with Crippen molar-refractivity contribution in [1.29, 1.82) is 0 Å². The number of carbonyl (C=O) groups is 3. The Morgan fingerprint density at radius 3 is 2.47 bits per heavy atom. The van der Waals surface area contributed by atoms with Crippen LogP contribution < -0.4 is 4.74 Å². The van der Waals surface area contributed by atoms with Gasteiger partial charge in [-0.3, -0.25) is 14.6 Å². The van der Waals surface area contributed by atoms with Crippen LogP contribution in [0.5, 0.6) is 5.75 Å². The van der Waals surface area contributed by atoms with Gasteiger partial charge in [0.15, 0.2) is 0 Å². The summed E-state index contributed by atoms with van der Waals surface area (Å²) in [7, 11) is 1.57. The zero-order chi connectivity index (χ0) is 26.0. The summed E-state index contributed by atoms with van der Waals surface area (Å²) in [5, 5.41) is 11.4. The molecule has 2 saturated heterocycles. The number of hydrogen-bond donors (Lipinski definition) is 1. The predicted octanol–water partition coefficient (Wildman–Crippen LogP) is 3.75. The fraction of sp³-hybridized carbons (Fsp3) is 0.407. The van der Waals surface area contributed by atoms with E-state index in [1.165, 1.54) is 4.90 Å². The minimum atomic E-state index is -0.841. The molecule has 0 spiro atoms. The predicted molar refractivity (Wildman–Crippen MR) is 132 cm³/mol. The normalized spacial score (nSPS) is 20.1. The molecule has 0 aliphatic carbocycles. The number of aromatic nitrogens is 1. The monoisotopic (exact) mass is 493 g/mol. The second kappa shape index (κ2) is 10.4. The molecule has 1 atom stereocenters. The van der Waals surface area contributed by atoms with Crippen LogP contribution in [-0.2, 0) is 14.3 Å². The summed E-state index contributed by atoms with van der Waals surface area (Å²) in [5.74, 6) is -0.994. The molecule has 2 fully saturated rings. The quantitative estimate of drug-likeness (QED) is 0.384. The van der Waals surface area contributed by atoms with Gasteiger partial charge in [-0.25, -0.2) is 4.79 Å². The standard InChI is InChI=1S/C27H31N3O6/c1-5-36-27(34)29-12-9-18(10-13-29)30-23(20-8-6-7-11-28-20)22(25(32)26(30)33)24(31)19-14-17(3)21(35-4)15-16(19)2/h6-8,11,14-15,18,23,31H,5,9-10,12-13H2,1-4H3/b24-22+. The summed E-state index contributed by atoms with van der Waals surface area (Å²) >= 11 is 0. The number of hydrogen-bond acceptors (Lipinski definition) is 7. The van der Waals surface area contributed by atoms with Crippen molar-refractivity contribution in [3.05, 3.63) is 64.5 Å². The van der Waals surface area contributed by atoms with E-state index in [1.54, 1.807) is 55.5 Å². The number of amides is 2. The summed E-state index contributed by atoms with van der Waals surface area (Å²) in [4.78, 5) is 46.5. The van der Waals surface area contributed by atoms with Gasteiger partial charge in [0.2, 0.25) is 0 Å². The second-order valence-corrected chi connectivity index (χ2v) is 9.01. The Hall–Kier alpha value is -3.88. The van der Waals surface area contributed by atoms with Gasteiger partial charge in [0.25, 0.3) is 11.7 Å². The van der Waals surface area contributed by atoms with Gasteiger partial charge in [0.05, 0.1) is 25.0 Å². The first-order valence-corrected chi connectivity index (χ1v) is 12.1. The molecule has 9 nitrogen and oxygen atoms in total. The van der Waals surface area contributed by atoms with Gasteiger partial charge >= 0.3 is 6.09 Å². The molecule has 0 saturated carbocycles. The van der Waals surface area contributed by atoms with E-state index in [0.717, 1.165) is 5.56 Å². The molecule has 1 aromatic heterocycles. The summed E-state index contributed by atoms with van der Waals surface area (Å²) in [6, 6.07) is 7.69. The van der Waals surface area contributed by atoms with E-state index >= 15 is 0 Å². The zero-order valence-corrected chi connectivity index (χ0v) is 21.0. The average Bonchev–Trinajstić information content (AvgIpc) is 3.15. The fourth-order valence-corrected chi connectivity index (χ4v) is 5.01. The van der Waals surface area contributed by atoms with Crippen LogP contribution in [0, 0.1) is 13.8 Å². The minimum Gasteiger partial charge on any atom is -0.507 e. The van der Waals surface area contributed by atoms with Crippen molar-refractivity contribution in [2.45, 2.75) is 45.7 Å². The van der Waals surface area contributed by atoms with Crippen LogP contribution >= 0.6 is 0 Å². The molecular weight excluding hydrogens is 462 g/mol. The van der Waals surface area contributed by atoms with Crippen LogP contribution in [0.1, 0.15) is 48.2 Å². The Balaban J connectivity index is 1.76. The maximum absolute atomic E-state index is 13.4. The average molecular weight is 494 g/mol. The molecule has 4 rings (SSSR count). The van der Waals surface area contributed by atoms with Crippen LogP contribution in [0.15, 0.2) is 42.1 Å². The van der Waals surface area contributed by atoms with Crippen molar-refractivity contribution in [1.82, 2.24) is 14.8 Å². The van der Waals surface area contributed by atoms with Gasteiger partial charge in [-0.15, -0.1) is 0 Å². The Labute approximate surface area is 210 Å². The third-order valence-electron chi connectivity index (χ3n) is 6.83. The molecule has 1 N–H and O–H groups in total. The van der Waals surface area contributed by atoms with Crippen LogP contribution in [0.3, 0.4) is 0 Å². The summed E-state index contributed by atoms with van der Waals surface area (Å²) in [6.45, 7) is 6.51. The summed E-state index contributed by atoms with van der Waals surface area (Å²) in [6.07, 6.45) is 2.18. The highest BCUT2D eigenvalue weighted by Crippen LogP contribution is 2.42. The van der Waals surface area contributed by atoms with E-state index in [-0.39, 0.29) is 30.1 Å². The number of aliphatic hydroxyl groups excluding tert-OH is 1. The van der Waals surface area contributed by atoms with Crippen LogP contribution in [0.4, 0.5) is 4.79 Å². The number of rotatable bonds is 5. The van der Waals surface area contributed by atoms with Gasteiger partial charge in [-0.2, -0.15) is 0 Å². The number of piperidine rings is 1. The van der Waals surface area contributed by atoms with E-state index in [1.807, 2.05) is 13.8 Å². The molecule has 0 radical (unpaired) electrons. The van der Waals surface area contributed by atoms with Crippen molar-refractivity contribution in [2.24, 2.45) is 0 Å². The molecular formula is C27H31N3O6. The van der Waals surface area contributed by atoms with Gasteiger partial charge in [0.1, 0.15) is 17.6 Å². The highest BCUT2D eigenvalue weighted by molar-refractivity contribution is 6.46. The van der Waals surface area contributed by atoms with Gasteiger partial charge in [-0.05, 0) is 69.0 Å². The number of Topliss-reactive ketones (excluding diaryl/α,β-unsaturated/α-hetero) is 1. The molecule has 2 amide bonds. The van der Waals surface area contributed by atoms with E-state index in [4.69, 9.17) is 9.47 Å². The lowest BCUT2D eigenvalue weighted by atomic mass is 9.94. The largest absolute Gasteiger partial charge is 0.507 e. The lowest BCUT2D eigenvalue weighted by Crippen LogP contribution is -2.48. The lowest BCUT2D eigenvalue weighted by molar-refractivity contribution is -0.142.